The highest BCUT2D eigenvalue weighted by Gasteiger charge is 2.41. The molecule has 15 heavy (non-hydrogen) atoms. The average molecular weight is 210 g/mol. The Kier molecular flexibility index (Phi) is 4.35. The summed E-state index contributed by atoms with van der Waals surface area (Å²) in [7, 11) is 6.51. The van der Waals surface area contributed by atoms with Crippen molar-refractivity contribution in [1.82, 2.24) is 10.2 Å². The second-order valence-electron chi connectivity index (χ2n) is 5.22. The standard InChI is InChI=1S/C13H26N2/c1-11(2)10-12(14-3)13(15(4)5)8-6-7-9-13/h10,12,14H,6-9H2,1-5H3. The molecule has 0 aromatic rings. The highest BCUT2D eigenvalue weighted by Crippen LogP contribution is 2.37. The zero-order valence-electron chi connectivity index (χ0n) is 10.9. The lowest BCUT2D eigenvalue weighted by Crippen LogP contribution is -2.55. The van der Waals surface area contributed by atoms with Crippen LogP contribution in [0.3, 0.4) is 0 Å². The quantitative estimate of drug-likeness (QED) is 0.717. The zero-order chi connectivity index (χ0) is 11.5. The molecular formula is C13H26N2. The summed E-state index contributed by atoms with van der Waals surface area (Å²) in [5, 5.41) is 3.48. The first-order chi connectivity index (χ1) is 7.03. The van der Waals surface area contributed by atoms with Gasteiger partial charge in [0.1, 0.15) is 0 Å². The van der Waals surface area contributed by atoms with Crippen LogP contribution in [0.2, 0.25) is 0 Å². The van der Waals surface area contributed by atoms with Gasteiger partial charge in [0.05, 0.1) is 0 Å². The van der Waals surface area contributed by atoms with Gasteiger partial charge in [0.2, 0.25) is 0 Å². The van der Waals surface area contributed by atoms with Crippen molar-refractivity contribution in [3.8, 4) is 0 Å². The monoisotopic (exact) mass is 210 g/mol. The van der Waals surface area contributed by atoms with Gasteiger partial charge < -0.3 is 10.2 Å². The minimum absolute atomic E-state index is 0.339. The number of likely N-dealkylation sites (N-methyl/N-ethyl adjacent to an activating group) is 2. The van der Waals surface area contributed by atoms with Crippen LogP contribution in [0.15, 0.2) is 11.6 Å². The molecule has 0 spiro atoms. The Balaban J connectivity index is 2.91. The molecule has 1 aliphatic carbocycles. The molecule has 1 aliphatic rings. The van der Waals surface area contributed by atoms with Crippen molar-refractivity contribution in [2.75, 3.05) is 21.1 Å². The van der Waals surface area contributed by atoms with Crippen LogP contribution in [0, 0.1) is 0 Å². The third kappa shape index (κ3) is 2.61. The van der Waals surface area contributed by atoms with Gasteiger partial charge in [0.15, 0.2) is 0 Å². The van der Waals surface area contributed by atoms with Crippen molar-refractivity contribution in [2.24, 2.45) is 0 Å². The molecule has 88 valence electrons. The Labute approximate surface area is 94.7 Å². The average Bonchev–Trinajstić information content (AvgIpc) is 2.63. The number of allylic oxidation sites excluding steroid dienone is 1. The molecule has 0 aromatic carbocycles. The molecule has 2 nitrogen and oxygen atoms in total. The van der Waals surface area contributed by atoms with E-state index in [1.54, 1.807) is 0 Å². The van der Waals surface area contributed by atoms with Crippen molar-refractivity contribution >= 4 is 0 Å². The molecule has 0 saturated heterocycles. The summed E-state index contributed by atoms with van der Waals surface area (Å²) in [6.07, 6.45) is 7.75. The Morgan fingerprint density at radius 1 is 1.27 bits per heavy atom. The number of hydrogen-bond donors (Lipinski definition) is 1. The molecular weight excluding hydrogens is 184 g/mol. The minimum Gasteiger partial charge on any atom is -0.312 e. The molecule has 1 saturated carbocycles. The van der Waals surface area contributed by atoms with E-state index in [-0.39, 0.29) is 0 Å². The molecule has 1 N–H and O–H groups in total. The lowest BCUT2D eigenvalue weighted by molar-refractivity contribution is 0.128. The summed E-state index contributed by atoms with van der Waals surface area (Å²) in [5.41, 5.74) is 1.74. The first-order valence-electron chi connectivity index (χ1n) is 6.02. The van der Waals surface area contributed by atoms with E-state index in [9.17, 15) is 0 Å². The van der Waals surface area contributed by atoms with Gasteiger partial charge in [0.25, 0.3) is 0 Å². The van der Waals surface area contributed by atoms with Crippen molar-refractivity contribution < 1.29 is 0 Å². The molecule has 2 heteroatoms. The fourth-order valence-electron chi connectivity index (χ4n) is 2.86. The molecule has 0 aliphatic heterocycles. The van der Waals surface area contributed by atoms with Crippen LogP contribution in [0.25, 0.3) is 0 Å². The Hall–Kier alpha value is -0.340. The first kappa shape index (κ1) is 12.7. The van der Waals surface area contributed by atoms with E-state index in [2.05, 4.69) is 51.3 Å². The Morgan fingerprint density at radius 2 is 1.80 bits per heavy atom. The Bertz CT molecular complexity index is 221. The molecule has 1 unspecified atom stereocenters. The van der Waals surface area contributed by atoms with Crippen molar-refractivity contribution in [3.05, 3.63) is 11.6 Å². The van der Waals surface area contributed by atoms with Crippen LogP contribution in [-0.4, -0.2) is 37.6 Å². The topological polar surface area (TPSA) is 15.3 Å². The number of nitrogens with one attached hydrogen (secondary N) is 1. The smallest absolute Gasteiger partial charge is 0.0436 e. The normalized spacial score (nSPS) is 21.7. The third-order valence-corrected chi connectivity index (χ3v) is 3.75. The van der Waals surface area contributed by atoms with E-state index in [1.165, 1.54) is 31.3 Å². The summed E-state index contributed by atoms with van der Waals surface area (Å²) in [6.45, 7) is 4.37. The molecule has 0 bridgehead atoms. The largest absolute Gasteiger partial charge is 0.312 e. The molecule has 0 amide bonds. The SMILES string of the molecule is CNC(C=C(C)C)C1(N(C)C)CCCC1. The summed E-state index contributed by atoms with van der Waals surface area (Å²) in [6, 6.07) is 0.486. The number of rotatable bonds is 4. The zero-order valence-corrected chi connectivity index (χ0v) is 10.9. The van der Waals surface area contributed by atoms with Gasteiger partial charge in [-0.25, -0.2) is 0 Å². The van der Waals surface area contributed by atoms with E-state index in [0.717, 1.165) is 0 Å². The predicted molar refractivity (Wildman–Crippen MR) is 67.2 cm³/mol. The van der Waals surface area contributed by atoms with Gasteiger partial charge in [-0.05, 0) is 47.8 Å². The van der Waals surface area contributed by atoms with E-state index >= 15 is 0 Å². The van der Waals surface area contributed by atoms with Gasteiger partial charge in [-0.1, -0.05) is 24.5 Å². The van der Waals surface area contributed by atoms with E-state index in [4.69, 9.17) is 0 Å². The van der Waals surface area contributed by atoms with E-state index < -0.39 is 0 Å². The first-order valence-corrected chi connectivity index (χ1v) is 6.02. The van der Waals surface area contributed by atoms with Crippen molar-refractivity contribution in [3.63, 3.8) is 0 Å². The molecule has 1 rings (SSSR count). The number of hydrogen-bond acceptors (Lipinski definition) is 2. The molecule has 0 aromatic heterocycles. The van der Waals surface area contributed by atoms with Crippen LogP contribution in [0.1, 0.15) is 39.5 Å². The maximum absolute atomic E-state index is 3.48. The minimum atomic E-state index is 0.339. The Morgan fingerprint density at radius 3 is 2.13 bits per heavy atom. The maximum atomic E-state index is 3.48. The second kappa shape index (κ2) is 5.13. The van der Waals surface area contributed by atoms with Crippen molar-refractivity contribution in [2.45, 2.75) is 51.1 Å². The van der Waals surface area contributed by atoms with Crippen LogP contribution >= 0.6 is 0 Å². The lowest BCUT2D eigenvalue weighted by Gasteiger charge is -2.42. The van der Waals surface area contributed by atoms with Crippen LogP contribution < -0.4 is 5.32 Å². The summed E-state index contributed by atoms with van der Waals surface area (Å²) in [5.74, 6) is 0. The van der Waals surface area contributed by atoms with E-state index in [0.29, 0.717) is 11.6 Å². The van der Waals surface area contributed by atoms with Crippen molar-refractivity contribution in [1.29, 1.82) is 0 Å². The number of nitrogens with zero attached hydrogens (tertiary/aromatic N) is 1. The fourth-order valence-corrected chi connectivity index (χ4v) is 2.86. The van der Waals surface area contributed by atoms with Gasteiger partial charge in [-0.15, -0.1) is 0 Å². The van der Waals surface area contributed by atoms with Gasteiger partial charge >= 0.3 is 0 Å². The molecule has 1 atom stereocenters. The lowest BCUT2D eigenvalue weighted by atomic mass is 9.86. The van der Waals surface area contributed by atoms with Crippen LogP contribution in [0.4, 0.5) is 0 Å². The maximum Gasteiger partial charge on any atom is 0.0436 e. The second-order valence-corrected chi connectivity index (χ2v) is 5.22. The van der Waals surface area contributed by atoms with Crippen LogP contribution in [-0.2, 0) is 0 Å². The van der Waals surface area contributed by atoms with Gasteiger partial charge in [-0.3, -0.25) is 0 Å². The summed E-state index contributed by atoms with van der Waals surface area (Å²) >= 11 is 0. The predicted octanol–water partition coefficient (Wildman–Crippen LogP) is 2.42. The molecule has 0 radical (unpaired) electrons. The van der Waals surface area contributed by atoms with Gasteiger partial charge in [-0.2, -0.15) is 0 Å². The third-order valence-electron chi connectivity index (χ3n) is 3.75. The summed E-state index contributed by atoms with van der Waals surface area (Å²) in [4.78, 5) is 2.42. The highest BCUT2D eigenvalue weighted by molar-refractivity contribution is 5.13. The van der Waals surface area contributed by atoms with Gasteiger partial charge in [0, 0.05) is 11.6 Å². The fraction of sp³-hybridized carbons (Fsp3) is 0.846. The molecule has 1 fully saturated rings. The van der Waals surface area contributed by atoms with E-state index in [1.807, 2.05) is 0 Å². The molecule has 0 heterocycles. The summed E-state index contributed by atoms with van der Waals surface area (Å²) < 4.78 is 0. The van der Waals surface area contributed by atoms with Crippen LogP contribution in [0.5, 0.6) is 0 Å². The highest BCUT2D eigenvalue weighted by atomic mass is 15.2.